The molecule has 35 heavy (non-hydrogen) atoms. The van der Waals surface area contributed by atoms with Crippen LogP contribution in [0.4, 0.5) is 4.79 Å². The molecule has 0 aromatic heterocycles. The molecular weight excluding hydrogens is 452 g/mol. The molecule has 0 saturated heterocycles. The van der Waals surface area contributed by atoms with Gasteiger partial charge in [0.15, 0.2) is 0 Å². The number of alkyl carbamates (subject to hydrolysis) is 1. The number of aliphatic carboxylic acids is 1. The molecule has 1 saturated carbocycles. The molecule has 0 heterocycles. The van der Waals surface area contributed by atoms with Gasteiger partial charge in [0, 0.05) is 17.9 Å². The number of carbonyl (C=O) groups is 4. The number of methoxy groups -OCH3 is 1. The van der Waals surface area contributed by atoms with Gasteiger partial charge < -0.3 is 25.2 Å². The first-order valence-electron chi connectivity index (χ1n) is 11.6. The summed E-state index contributed by atoms with van der Waals surface area (Å²) in [5.74, 6) is -3.00. The molecule has 2 unspecified atom stereocenters. The maximum absolute atomic E-state index is 12.5. The Balaban J connectivity index is 1.28. The Morgan fingerprint density at radius 2 is 1.63 bits per heavy atom. The predicted molar refractivity (Wildman–Crippen MR) is 126 cm³/mol. The largest absolute Gasteiger partial charge is 0.480 e. The summed E-state index contributed by atoms with van der Waals surface area (Å²) in [7, 11) is 1.15. The Hall–Kier alpha value is -3.88. The molecule has 2 amide bonds. The third-order valence-electron chi connectivity index (χ3n) is 6.68. The lowest BCUT2D eigenvalue weighted by molar-refractivity contribution is -0.149. The van der Waals surface area contributed by atoms with Crippen molar-refractivity contribution < 1.29 is 33.8 Å². The Labute approximate surface area is 202 Å². The van der Waals surface area contributed by atoms with Crippen molar-refractivity contribution in [3.8, 4) is 11.1 Å². The molecule has 184 valence electrons. The van der Waals surface area contributed by atoms with Crippen LogP contribution in [-0.2, 0) is 23.9 Å². The Bertz CT molecular complexity index is 1090. The Morgan fingerprint density at radius 3 is 2.23 bits per heavy atom. The van der Waals surface area contributed by atoms with Crippen LogP contribution in [0.15, 0.2) is 48.5 Å². The lowest BCUT2D eigenvalue weighted by Crippen LogP contribution is -2.45. The zero-order valence-corrected chi connectivity index (χ0v) is 19.4. The van der Waals surface area contributed by atoms with Crippen molar-refractivity contribution in [2.75, 3.05) is 13.7 Å². The van der Waals surface area contributed by atoms with Crippen LogP contribution < -0.4 is 10.6 Å². The van der Waals surface area contributed by atoms with Crippen molar-refractivity contribution in [3.05, 3.63) is 59.7 Å². The van der Waals surface area contributed by atoms with Crippen LogP contribution in [0.5, 0.6) is 0 Å². The number of hydrogen-bond donors (Lipinski definition) is 3. The molecule has 2 aliphatic rings. The smallest absolute Gasteiger partial charge is 0.407 e. The van der Waals surface area contributed by atoms with E-state index < -0.39 is 42.3 Å². The fourth-order valence-corrected chi connectivity index (χ4v) is 4.90. The molecule has 9 nitrogen and oxygen atoms in total. The van der Waals surface area contributed by atoms with E-state index in [1.54, 1.807) is 0 Å². The molecule has 0 radical (unpaired) electrons. The number of hydrogen-bond acceptors (Lipinski definition) is 6. The average molecular weight is 481 g/mol. The van der Waals surface area contributed by atoms with Crippen molar-refractivity contribution in [1.82, 2.24) is 10.6 Å². The summed E-state index contributed by atoms with van der Waals surface area (Å²) < 4.78 is 10.1. The monoisotopic (exact) mass is 480 g/mol. The second-order valence-electron chi connectivity index (χ2n) is 8.86. The molecule has 4 rings (SSSR count). The number of ether oxygens (including phenoxy) is 2. The van der Waals surface area contributed by atoms with Gasteiger partial charge in [-0.25, -0.2) is 9.59 Å². The summed E-state index contributed by atoms with van der Waals surface area (Å²) in [5, 5.41) is 14.5. The summed E-state index contributed by atoms with van der Waals surface area (Å²) in [4.78, 5) is 47.8. The van der Waals surface area contributed by atoms with Crippen LogP contribution in [0.1, 0.15) is 42.7 Å². The van der Waals surface area contributed by atoms with Gasteiger partial charge in [0.2, 0.25) is 5.91 Å². The predicted octanol–water partition coefficient (Wildman–Crippen LogP) is 2.83. The molecule has 2 aromatic rings. The molecule has 3 N–H and O–H groups in total. The minimum Gasteiger partial charge on any atom is -0.480 e. The van der Waals surface area contributed by atoms with Crippen LogP contribution in [-0.4, -0.2) is 54.8 Å². The Kier molecular flexibility index (Phi) is 7.33. The summed E-state index contributed by atoms with van der Waals surface area (Å²) in [6.45, 7) is 0.199. The first kappa shape index (κ1) is 24.3. The van der Waals surface area contributed by atoms with Gasteiger partial charge in [0.25, 0.3) is 0 Å². The van der Waals surface area contributed by atoms with Crippen LogP contribution in [0.3, 0.4) is 0 Å². The molecule has 3 atom stereocenters. The van der Waals surface area contributed by atoms with E-state index in [-0.39, 0.29) is 18.6 Å². The highest BCUT2D eigenvalue weighted by Crippen LogP contribution is 2.44. The standard InChI is InChI=1S/C26H28N2O7/c1-34-23(29)13-22(25(31)32)28-24(30)15-10-11-16(12-15)27-26(33)35-14-21-19-8-4-2-6-17(19)18-7-3-5-9-20(18)21/h2-9,15-16,21-22H,10-14H2,1H3,(H,27,33)(H,28,30)(H,31,32)/t15?,16?,22-/m0/s1. The van der Waals surface area contributed by atoms with Gasteiger partial charge >= 0.3 is 18.0 Å². The maximum atomic E-state index is 12.5. The fourth-order valence-electron chi connectivity index (χ4n) is 4.90. The van der Waals surface area contributed by atoms with Crippen molar-refractivity contribution in [3.63, 3.8) is 0 Å². The van der Waals surface area contributed by atoms with E-state index in [0.717, 1.165) is 29.4 Å². The van der Waals surface area contributed by atoms with E-state index in [4.69, 9.17) is 4.74 Å². The highest BCUT2D eigenvalue weighted by Gasteiger charge is 2.34. The number of rotatable bonds is 8. The first-order valence-corrected chi connectivity index (χ1v) is 11.6. The fraction of sp³-hybridized carbons (Fsp3) is 0.385. The first-order chi connectivity index (χ1) is 16.9. The second-order valence-corrected chi connectivity index (χ2v) is 8.86. The van der Waals surface area contributed by atoms with Crippen LogP contribution >= 0.6 is 0 Å². The molecule has 0 bridgehead atoms. The lowest BCUT2D eigenvalue weighted by Gasteiger charge is -2.18. The zero-order valence-electron chi connectivity index (χ0n) is 19.4. The molecule has 1 fully saturated rings. The van der Waals surface area contributed by atoms with Gasteiger partial charge in [-0.1, -0.05) is 48.5 Å². The quantitative estimate of drug-likeness (QED) is 0.495. The van der Waals surface area contributed by atoms with Crippen molar-refractivity contribution in [2.45, 2.75) is 43.7 Å². The van der Waals surface area contributed by atoms with Gasteiger partial charge in [-0.05, 0) is 41.5 Å². The number of carboxylic acid groups (broad SMARTS) is 1. The van der Waals surface area contributed by atoms with Gasteiger partial charge in [-0.3, -0.25) is 9.59 Å². The van der Waals surface area contributed by atoms with Crippen LogP contribution in [0.25, 0.3) is 11.1 Å². The highest BCUT2D eigenvalue weighted by atomic mass is 16.5. The van der Waals surface area contributed by atoms with Gasteiger partial charge in [-0.15, -0.1) is 0 Å². The molecular formula is C26H28N2O7. The van der Waals surface area contributed by atoms with Crippen molar-refractivity contribution in [1.29, 1.82) is 0 Å². The number of carbonyl (C=O) groups excluding carboxylic acids is 3. The maximum Gasteiger partial charge on any atom is 0.407 e. The van der Waals surface area contributed by atoms with Crippen LogP contribution in [0, 0.1) is 5.92 Å². The average Bonchev–Trinajstić information content (AvgIpc) is 3.45. The van der Waals surface area contributed by atoms with Crippen molar-refractivity contribution in [2.24, 2.45) is 5.92 Å². The van der Waals surface area contributed by atoms with Gasteiger partial charge in [0.1, 0.15) is 12.6 Å². The van der Waals surface area contributed by atoms with E-state index in [1.165, 1.54) is 0 Å². The lowest BCUT2D eigenvalue weighted by atomic mass is 9.98. The number of carboxylic acids is 1. The summed E-state index contributed by atoms with van der Waals surface area (Å²) in [5.41, 5.74) is 4.54. The summed E-state index contributed by atoms with van der Waals surface area (Å²) >= 11 is 0. The highest BCUT2D eigenvalue weighted by molar-refractivity contribution is 5.88. The Morgan fingerprint density at radius 1 is 1.00 bits per heavy atom. The third-order valence-corrected chi connectivity index (χ3v) is 6.68. The molecule has 2 aliphatic carbocycles. The number of esters is 1. The topological polar surface area (TPSA) is 131 Å². The minimum absolute atomic E-state index is 0.0435. The third kappa shape index (κ3) is 5.45. The van der Waals surface area contributed by atoms with Crippen molar-refractivity contribution >= 4 is 23.9 Å². The normalized spacial score (nSPS) is 19.2. The molecule has 9 heteroatoms. The number of amides is 2. The second kappa shape index (κ2) is 10.6. The van der Waals surface area contributed by atoms with E-state index in [0.29, 0.717) is 19.3 Å². The zero-order chi connectivity index (χ0) is 24.9. The summed E-state index contributed by atoms with van der Waals surface area (Å²) in [6, 6.07) is 14.5. The summed E-state index contributed by atoms with van der Waals surface area (Å²) in [6.07, 6.45) is 0.417. The number of fused-ring (bicyclic) bond motifs is 3. The SMILES string of the molecule is COC(=O)C[C@H](NC(=O)C1CCC(NC(=O)OCC2c3ccccc3-c3ccccc32)C1)C(=O)O. The van der Waals surface area contributed by atoms with E-state index >= 15 is 0 Å². The van der Waals surface area contributed by atoms with Gasteiger partial charge in [0.05, 0.1) is 13.5 Å². The number of benzene rings is 2. The molecule has 0 spiro atoms. The van der Waals surface area contributed by atoms with Gasteiger partial charge in [-0.2, -0.15) is 0 Å². The van der Waals surface area contributed by atoms with E-state index in [1.807, 2.05) is 36.4 Å². The minimum atomic E-state index is -1.36. The van der Waals surface area contributed by atoms with E-state index in [9.17, 15) is 24.3 Å². The van der Waals surface area contributed by atoms with E-state index in [2.05, 4.69) is 27.5 Å². The molecule has 2 aromatic carbocycles. The van der Waals surface area contributed by atoms with Crippen LogP contribution in [0.2, 0.25) is 0 Å². The number of nitrogens with one attached hydrogen (secondary N) is 2. The molecule has 0 aliphatic heterocycles.